The summed E-state index contributed by atoms with van der Waals surface area (Å²) in [4.78, 5) is 34.2. The summed E-state index contributed by atoms with van der Waals surface area (Å²) in [7, 11) is 0. The normalized spacial score (nSPS) is 11.0. The number of aryl methyl sites for hydroxylation is 1. The predicted molar refractivity (Wildman–Crippen MR) is 119 cm³/mol. The summed E-state index contributed by atoms with van der Waals surface area (Å²) in [6.07, 6.45) is 1.62. The molecule has 2 aromatic carbocycles. The lowest BCUT2D eigenvalue weighted by atomic mass is 10.2. The maximum absolute atomic E-state index is 13.3. The standard InChI is InChI=1S/C20H15ClN4O2S2/c1-12-4-2-3-5-16(12)25-18(27)14-7-6-13(21)10-15(14)23-20(25)29-11-17(26)24-19-22-8-9-28-19/h2-10H,11H2,1H3,(H,22,24,26). The van der Waals surface area contributed by atoms with Crippen LogP contribution in [0.5, 0.6) is 0 Å². The van der Waals surface area contributed by atoms with Gasteiger partial charge in [0, 0.05) is 16.6 Å². The molecule has 6 nitrogen and oxygen atoms in total. The number of thiazole rings is 1. The maximum atomic E-state index is 13.3. The molecule has 4 aromatic rings. The van der Waals surface area contributed by atoms with Crippen LogP contribution >= 0.6 is 34.7 Å². The number of hydrogen-bond donors (Lipinski definition) is 1. The van der Waals surface area contributed by atoms with Crippen LogP contribution in [0.15, 0.2) is 64.0 Å². The zero-order chi connectivity index (χ0) is 20.4. The molecule has 0 unspecified atom stereocenters. The van der Waals surface area contributed by atoms with Gasteiger partial charge in [0.15, 0.2) is 10.3 Å². The van der Waals surface area contributed by atoms with Crippen molar-refractivity contribution >= 4 is 56.6 Å². The fourth-order valence-electron chi connectivity index (χ4n) is 2.83. The van der Waals surface area contributed by atoms with Crippen LogP contribution in [0.1, 0.15) is 5.56 Å². The largest absolute Gasteiger partial charge is 0.301 e. The molecule has 2 heterocycles. The number of carbonyl (C=O) groups is 1. The number of nitrogens with zero attached hydrogens (tertiary/aromatic N) is 3. The monoisotopic (exact) mass is 442 g/mol. The first-order chi connectivity index (χ1) is 14.0. The Hall–Kier alpha value is -2.68. The zero-order valence-electron chi connectivity index (χ0n) is 15.3. The van der Waals surface area contributed by atoms with E-state index in [-0.39, 0.29) is 17.2 Å². The third kappa shape index (κ3) is 4.19. The summed E-state index contributed by atoms with van der Waals surface area (Å²) < 4.78 is 1.55. The number of fused-ring (bicyclic) bond motifs is 1. The molecule has 0 bridgehead atoms. The number of thioether (sulfide) groups is 1. The van der Waals surface area contributed by atoms with Crippen molar-refractivity contribution in [1.29, 1.82) is 0 Å². The van der Waals surface area contributed by atoms with E-state index in [4.69, 9.17) is 11.6 Å². The van der Waals surface area contributed by atoms with Crippen molar-refractivity contribution in [3.63, 3.8) is 0 Å². The lowest BCUT2D eigenvalue weighted by Gasteiger charge is -2.15. The molecule has 0 radical (unpaired) electrons. The van der Waals surface area contributed by atoms with Crippen molar-refractivity contribution in [2.75, 3.05) is 11.1 Å². The highest BCUT2D eigenvalue weighted by Crippen LogP contribution is 2.24. The van der Waals surface area contributed by atoms with E-state index in [1.807, 2.05) is 31.2 Å². The minimum atomic E-state index is -0.221. The Balaban J connectivity index is 1.76. The van der Waals surface area contributed by atoms with Gasteiger partial charge in [-0.1, -0.05) is 41.6 Å². The van der Waals surface area contributed by atoms with Crippen molar-refractivity contribution in [3.8, 4) is 5.69 Å². The molecule has 0 saturated heterocycles. The predicted octanol–water partition coefficient (Wildman–Crippen LogP) is 4.53. The van der Waals surface area contributed by atoms with Crippen LogP contribution in [0, 0.1) is 6.92 Å². The second kappa shape index (κ2) is 8.36. The van der Waals surface area contributed by atoms with Crippen molar-refractivity contribution in [1.82, 2.24) is 14.5 Å². The number of para-hydroxylation sites is 1. The van der Waals surface area contributed by atoms with Crippen LogP contribution in [0.4, 0.5) is 5.13 Å². The fraction of sp³-hybridized carbons (Fsp3) is 0.100. The Bertz CT molecular complexity index is 1260. The van der Waals surface area contributed by atoms with Crippen molar-refractivity contribution in [3.05, 3.63) is 75.0 Å². The molecule has 1 amide bonds. The molecule has 2 aromatic heterocycles. The topological polar surface area (TPSA) is 76.9 Å². The summed E-state index contributed by atoms with van der Waals surface area (Å²) in [5, 5.41) is 6.44. The van der Waals surface area contributed by atoms with E-state index in [1.165, 1.54) is 23.1 Å². The maximum Gasteiger partial charge on any atom is 0.266 e. The number of aromatic nitrogens is 3. The Morgan fingerprint density at radius 1 is 1.28 bits per heavy atom. The molecule has 146 valence electrons. The third-order valence-corrected chi connectivity index (χ3v) is 6.03. The number of hydrogen-bond acceptors (Lipinski definition) is 6. The smallest absolute Gasteiger partial charge is 0.266 e. The molecule has 0 saturated carbocycles. The summed E-state index contributed by atoms with van der Waals surface area (Å²) in [6.45, 7) is 1.93. The highest BCUT2D eigenvalue weighted by Gasteiger charge is 2.16. The van der Waals surface area contributed by atoms with Gasteiger partial charge in [-0.15, -0.1) is 11.3 Å². The number of halogens is 1. The van der Waals surface area contributed by atoms with E-state index in [9.17, 15) is 9.59 Å². The van der Waals surface area contributed by atoms with Gasteiger partial charge in [-0.2, -0.15) is 0 Å². The van der Waals surface area contributed by atoms with E-state index >= 15 is 0 Å². The molecule has 1 N–H and O–H groups in total. The highest BCUT2D eigenvalue weighted by atomic mass is 35.5. The van der Waals surface area contributed by atoms with Gasteiger partial charge in [0.25, 0.3) is 5.56 Å². The quantitative estimate of drug-likeness (QED) is 0.363. The Labute approximate surface area is 179 Å². The molecular formula is C20H15ClN4O2S2. The number of anilines is 1. The van der Waals surface area contributed by atoms with Crippen LogP contribution in [0.25, 0.3) is 16.6 Å². The van der Waals surface area contributed by atoms with E-state index in [1.54, 1.807) is 34.3 Å². The number of nitrogens with one attached hydrogen (secondary N) is 1. The highest BCUT2D eigenvalue weighted by molar-refractivity contribution is 7.99. The van der Waals surface area contributed by atoms with Crippen LogP contribution in [-0.2, 0) is 4.79 Å². The first-order valence-corrected chi connectivity index (χ1v) is 10.9. The zero-order valence-corrected chi connectivity index (χ0v) is 17.6. The van der Waals surface area contributed by atoms with E-state index in [2.05, 4.69) is 15.3 Å². The van der Waals surface area contributed by atoms with Gasteiger partial charge >= 0.3 is 0 Å². The van der Waals surface area contributed by atoms with Gasteiger partial charge in [0.1, 0.15) is 0 Å². The van der Waals surface area contributed by atoms with Crippen molar-refractivity contribution in [2.24, 2.45) is 0 Å². The van der Waals surface area contributed by atoms with Gasteiger partial charge in [0.2, 0.25) is 5.91 Å². The molecule has 0 aliphatic carbocycles. The number of amides is 1. The SMILES string of the molecule is Cc1ccccc1-n1c(SCC(=O)Nc2nccs2)nc2cc(Cl)ccc2c1=O. The average Bonchev–Trinajstić information content (AvgIpc) is 3.20. The van der Waals surface area contributed by atoms with Gasteiger partial charge in [-0.25, -0.2) is 9.97 Å². The first kappa shape index (κ1) is 19.6. The lowest BCUT2D eigenvalue weighted by Crippen LogP contribution is -2.23. The molecule has 0 aliphatic heterocycles. The second-order valence-electron chi connectivity index (χ2n) is 6.16. The van der Waals surface area contributed by atoms with Gasteiger partial charge < -0.3 is 5.32 Å². The molecule has 0 fully saturated rings. The average molecular weight is 443 g/mol. The van der Waals surface area contributed by atoms with Gasteiger partial charge in [-0.05, 0) is 36.8 Å². The fourth-order valence-corrected chi connectivity index (χ4v) is 4.35. The van der Waals surface area contributed by atoms with E-state index in [0.717, 1.165) is 11.3 Å². The molecular weight excluding hydrogens is 428 g/mol. The minimum Gasteiger partial charge on any atom is -0.301 e. The number of benzene rings is 2. The summed E-state index contributed by atoms with van der Waals surface area (Å²) >= 11 is 8.62. The summed E-state index contributed by atoms with van der Waals surface area (Å²) in [6, 6.07) is 12.6. The number of rotatable bonds is 5. The van der Waals surface area contributed by atoms with E-state index in [0.29, 0.717) is 26.2 Å². The molecule has 29 heavy (non-hydrogen) atoms. The number of carbonyl (C=O) groups excluding carboxylic acids is 1. The van der Waals surface area contributed by atoms with Crippen LogP contribution in [0.2, 0.25) is 5.02 Å². The third-order valence-electron chi connectivity index (χ3n) is 4.17. The van der Waals surface area contributed by atoms with Crippen LogP contribution in [0.3, 0.4) is 0 Å². The minimum absolute atomic E-state index is 0.0873. The molecule has 0 atom stereocenters. The molecule has 9 heteroatoms. The second-order valence-corrected chi connectivity index (χ2v) is 8.43. The van der Waals surface area contributed by atoms with Crippen LogP contribution in [-0.4, -0.2) is 26.2 Å². The summed E-state index contributed by atoms with van der Waals surface area (Å²) in [5.74, 6) is -0.133. The molecule has 4 rings (SSSR count). The summed E-state index contributed by atoms with van der Waals surface area (Å²) in [5.41, 5.74) is 1.95. The van der Waals surface area contributed by atoms with Crippen LogP contribution < -0.4 is 10.9 Å². The Kier molecular flexibility index (Phi) is 5.66. The Morgan fingerprint density at radius 3 is 2.86 bits per heavy atom. The van der Waals surface area contributed by atoms with Crippen molar-refractivity contribution < 1.29 is 4.79 Å². The Morgan fingerprint density at radius 2 is 2.10 bits per heavy atom. The lowest BCUT2D eigenvalue weighted by molar-refractivity contribution is -0.113. The first-order valence-electron chi connectivity index (χ1n) is 8.63. The van der Waals surface area contributed by atoms with Gasteiger partial charge in [0.05, 0.1) is 22.3 Å². The molecule has 0 spiro atoms. The van der Waals surface area contributed by atoms with E-state index < -0.39 is 0 Å². The van der Waals surface area contributed by atoms with Crippen molar-refractivity contribution in [2.45, 2.75) is 12.1 Å². The van der Waals surface area contributed by atoms with Gasteiger partial charge in [-0.3, -0.25) is 14.2 Å². The molecule has 0 aliphatic rings.